The van der Waals surface area contributed by atoms with Crippen LogP contribution in [0, 0.1) is 11.8 Å². The fraction of sp³-hybridized carbons (Fsp3) is 0.312. The summed E-state index contributed by atoms with van der Waals surface area (Å²) in [4.78, 5) is 28.8. The standard InChI is InChI=1S/C16H16N2O2S/c1-9-8-12(9)15(20)18-16-17-13(14(21-16)10(2)19)11-6-4-3-5-7-11/h3-7,9,12H,8H2,1-2H3,(H,17,18,20)/t9-,12+/m0/s1. The highest BCUT2D eigenvalue weighted by molar-refractivity contribution is 7.18. The van der Waals surface area contributed by atoms with Crippen molar-refractivity contribution in [3.63, 3.8) is 0 Å². The Balaban J connectivity index is 1.90. The van der Waals surface area contributed by atoms with Gasteiger partial charge in [0.2, 0.25) is 5.91 Å². The average molecular weight is 300 g/mol. The van der Waals surface area contributed by atoms with Gasteiger partial charge in [-0.05, 0) is 12.3 Å². The fourth-order valence-corrected chi connectivity index (χ4v) is 3.18. The van der Waals surface area contributed by atoms with E-state index >= 15 is 0 Å². The molecule has 4 nitrogen and oxygen atoms in total. The zero-order chi connectivity index (χ0) is 15.0. The van der Waals surface area contributed by atoms with Crippen LogP contribution in [0.1, 0.15) is 29.9 Å². The number of nitrogens with zero attached hydrogens (tertiary/aromatic N) is 1. The summed E-state index contributed by atoms with van der Waals surface area (Å²) < 4.78 is 0. The van der Waals surface area contributed by atoms with E-state index < -0.39 is 0 Å². The second kappa shape index (κ2) is 5.41. The normalized spacial score (nSPS) is 20.1. The summed E-state index contributed by atoms with van der Waals surface area (Å²) in [6.07, 6.45) is 0.933. The van der Waals surface area contributed by atoms with E-state index in [1.54, 1.807) is 0 Å². The first-order chi connectivity index (χ1) is 10.1. The van der Waals surface area contributed by atoms with Crippen LogP contribution in [-0.4, -0.2) is 16.7 Å². The van der Waals surface area contributed by atoms with Crippen LogP contribution >= 0.6 is 11.3 Å². The van der Waals surface area contributed by atoms with Gasteiger partial charge < -0.3 is 5.32 Å². The predicted molar refractivity (Wildman–Crippen MR) is 83.5 cm³/mol. The molecule has 2 aromatic rings. The second-order valence-electron chi connectivity index (χ2n) is 5.43. The number of ketones is 1. The number of thiazole rings is 1. The smallest absolute Gasteiger partial charge is 0.229 e. The number of aromatic nitrogens is 1. The van der Waals surface area contributed by atoms with E-state index in [1.165, 1.54) is 18.3 Å². The van der Waals surface area contributed by atoms with E-state index in [0.29, 0.717) is 21.6 Å². The topological polar surface area (TPSA) is 59.1 Å². The van der Waals surface area contributed by atoms with E-state index in [9.17, 15) is 9.59 Å². The largest absolute Gasteiger partial charge is 0.302 e. The van der Waals surface area contributed by atoms with E-state index in [0.717, 1.165) is 12.0 Å². The van der Waals surface area contributed by atoms with Crippen LogP contribution < -0.4 is 5.32 Å². The van der Waals surface area contributed by atoms with Crippen LogP contribution in [0.15, 0.2) is 30.3 Å². The summed E-state index contributed by atoms with van der Waals surface area (Å²) >= 11 is 1.24. The van der Waals surface area contributed by atoms with Crippen LogP contribution in [0.2, 0.25) is 0 Å². The van der Waals surface area contributed by atoms with Crippen molar-refractivity contribution < 1.29 is 9.59 Å². The SMILES string of the molecule is CC(=O)c1sc(NC(=O)[C@@H]2C[C@@H]2C)nc1-c1ccccc1. The highest BCUT2D eigenvalue weighted by atomic mass is 32.1. The first kappa shape index (κ1) is 13.9. The highest BCUT2D eigenvalue weighted by Crippen LogP contribution is 2.39. The molecule has 1 heterocycles. The van der Waals surface area contributed by atoms with Crippen molar-refractivity contribution in [1.82, 2.24) is 4.98 Å². The monoisotopic (exact) mass is 300 g/mol. The molecule has 0 aliphatic heterocycles. The van der Waals surface area contributed by atoms with Gasteiger partial charge in [0.1, 0.15) is 0 Å². The lowest BCUT2D eigenvalue weighted by molar-refractivity contribution is -0.117. The van der Waals surface area contributed by atoms with Crippen molar-refractivity contribution >= 4 is 28.2 Å². The molecule has 1 N–H and O–H groups in total. The van der Waals surface area contributed by atoms with Crippen molar-refractivity contribution in [2.75, 3.05) is 5.32 Å². The Hall–Kier alpha value is -2.01. The second-order valence-corrected chi connectivity index (χ2v) is 6.43. The molecule has 21 heavy (non-hydrogen) atoms. The van der Waals surface area contributed by atoms with Gasteiger partial charge in [0.05, 0.1) is 10.6 Å². The number of rotatable bonds is 4. The lowest BCUT2D eigenvalue weighted by Gasteiger charge is -1.99. The Kier molecular flexibility index (Phi) is 3.59. The number of Topliss-reactive ketones (excluding diaryl/α,β-unsaturated/α-hetero) is 1. The van der Waals surface area contributed by atoms with Crippen LogP contribution in [-0.2, 0) is 4.79 Å². The maximum atomic E-state index is 12.0. The van der Waals surface area contributed by atoms with E-state index in [2.05, 4.69) is 17.2 Å². The number of nitrogens with one attached hydrogen (secondary N) is 1. The third kappa shape index (κ3) is 2.88. The van der Waals surface area contributed by atoms with Gasteiger partial charge in [-0.3, -0.25) is 9.59 Å². The van der Waals surface area contributed by atoms with Gasteiger partial charge in [0, 0.05) is 18.4 Å². The zero-order valence-corrected chi connectivity index (χ0v) is 12.7. The number of hydrogen-bond acceptors (Lipinski definition) is 4. The van der Waals surface area contributed by atoms with Crippen molar-refractivity contribution in [2.45, 2.75) is 20.3 Å². The first-order valence-corrected chi connectivity index (χ1v) is 7.76. The molecule has 1 aromatic heterocycles. The molecule has 0 radical (unpaired) electrons. The molecule has 1 aliphatic rings. The predicted octanol–water partition coefficient (Wildman–Crippen LogP) is 3.61. The highest BCUT2D eigenvalue weighted by Gasteiger charge is 2.39. The van der Waals surface area contributed by atoms with Gasteiger partial charge in [0.25, 0.3) is 0 Å². The van der Waals surface area contributed by atoms with Crippen molar-refractivity contribution in [2.24, 2.45) is 11.8 Å². The number of carbonyl (C=O) groups excluding carboxylic acids is 2. The molecule has 1 saturated carbocycles. The lowest BCUT2D eigenvalue weighted by atomic mass is 10.1. The van der Waals surface area contributed by atoms with Crippen LogP contribution in [0.5, 0.6) is 0 Å². The molecule has 1 aliphatic carbocycles. The minimum atomic E-state index is -0.0355. The Bertz CT molecular complexity index is 694. The molecule has 1 amide bonds. The maximum absolute atomic E-state index is 12.0. The zero-order valence-electron chi connectivity index (χ0n) is 11.9. The van der Waals surface area contributed by atoms with E-state index in [-0.39, 0.29) is 17.6 Å². The molecule has 1 fully saturated rings. The third-order valence-electron chi connectivity index (χ3n) is 3.67. The number of anilines is 1. The number of benzene rings is 1. The maximum Gasteiger partial charge on any atom is 0.229 e. The van der Waals surface area contributed by atoms with Crippen LogP contribution in [0.25, 0.3) is 11.3 Å². The first-order valence-electron chi connectivity index (χ1n) is 6.94. The number of carbonyl (C=O) groups is 2. The van der Waals surface area contributed by atoms with Gasteiger partial charge >= 0.3 is 0 Å². The fourth-order valence-electron chi connectivity index (χ4n) is 2.29. The molecule has 0 spiro atoms. The van der Waals surface area contributed by atoms with Crippen molar-refractivity contribution in [3.05, 3.63) is 35.2 Å². The summed E-state index contributed by atoms with van der Waals surface area (Å²) in [7, 11) is 0. The Morgan fingerprint density at radius 2 is 1.95 bits per heavy atom. The Morgan fingerprint density at radius 3 is 2.52 bits per heavy atom. The minimum Gasteiger partial charge on any atom is -0.302 e. The van der Waals surface area contributed by atoms with Gasteiger partial charge in [0.15, 0.2) is 10.9 Å². The van der Waals surface area contributed by atoms with E-state index in [1.807, 2.05) is 30.3 Å². The van der Waals surface area contributed by atoms with Gasteiger partial charge in [-0.25, -0.2) is 4.98 Å². The molecule has 0 bridgehead atoms. The van der Waals surface area contributed by atoms with Crippen molar-refractivity contribution in [1.29, 1.82) is 0 Å². The van der Waals surface area contributed by atoms with Crippen LogP contribution in [0.4, 0.5) is 5.13 Å². The minimum absolute atomic E-state index is 0.00552. The summed E-state index contributed by atoms with van der Waals surface area (Å²) in [6.45, 7) is 3.58. The van der Waals surface area contributed by atoms with Crippen molar-refractivity contribution in [3.8, 4) is 11.3 Å². The number of amides is 1. The lowest BCUT2D eigenvalue weighted by Crippen LogP contribution is -2.14. The van der Waals surface area contributed by atoms with Gasteiger partial charge in [-0.15, -0.1) is 0 Å². The van der Waals surface area contributed by atoms with Gasteiger partial charge in [-0.2, -0.15) is 0 Å². The molecule has 108 valence electrons. The average Bonchev–Trinajstić information content (AvgIpc) is 3.05. The quantitative estimate of drug-likeness (QED) is 0.878. The Labute approximate surface area is 127 Å². The van der Waals surface area contributed by atoms with Gasteiger partial charge in [-0.1, -0.05) is 48.6 Å². The molecule has 2 atom stereocenters. The van der Waals surface area contributed by atoms with Crippen LogP contribution in [0.3, 0.4) is 0 Å². The molecule has 0 unspecified atom stereocenters. The summed E-state index contributed by atoms with van der Waals surface area (Å²) in [5.41, 5.74) is 1.53. The molecule has 1 aromatic carbocycles. The summed E-state index contributed by atoms with van der Waals surface area (Å²) in [5.74, 6) is 0.512. The summed E-state index contributed by atoms with van der Waals surface area (Å²) in [6, 6.07) is 9.55. The molecule has 0 saturated heterocycles. The van der Waals surface area contributed by atoms with E-state index in [4.69, 9.17) is 0 Å². The number of hydrogen-bond donors (Lipinski definition) is 1. The molecule has 3 rings (SSSR count). The third-order valence-corrected chi connectivity index (χ3v) is 4.74. The summed E-state index contributed by atoms with van der Waals surface area (Å²) in [5, 5.41) is 3.34. The molecule has 5 heteroatoms. The Morgan fingerprint density at radius 1 is 1.29 bits per heavy atom. The molecular weight excluding hydrogens is 284 g/mol. The molecular formula is C16H16N2O2S.